The number of hydrogen-bond acceptors (Lipinski definition) is 3. The first-order valence-electron chi connectivity index (χ1n) is 6.54. The molecule has 0 heterocycles. The molecule has 0 aromatic heterocycles. The van der Waals surface area contributed by atoms with Gasteiger partial charge in [-0.05, 0) is 20.8 Å². The number of hydrogen-bond donors (Lipinski definition) is 0. The summed E-state index contributed by atoms with van der Waals surface area (Å²) in [7, 11) is 0. The molecule has 104 valence electrons. The highest BCUT2D eigenvalue weighted by Crippen LogP contribution is 2.21. The quantitative estimate of drug-likeness (QED) is 0.616. The molecule has 0 aliphatic carbocycles. The maximum Gasteiger partial charge on any atom is 0.309 e. The molecule has 0 bridgehead atoms. The predicted octanol–water partition coefficient (Wildman–Crippen LogP) is 3.48. The van der Waals surface area contributed by atoms with Crippen molar-refractivity contribution in [1.82, 2.24) is 0 Å². The third kappa shape index (κ3) is 4.51. The molecule has 2 atom stereocenters. The Morgan fingerprint density at radius 1 is 1.00 bits per heavy atom. The van der Waals surface area contributed by atoms with Gasteiger partial charge in [0, 0.05) is 11.5 Å². The van der Waals surface area contributed by atoms with Crippen molar-refractivity contribution in [3.63, 3.8) is 0 Å². The fourth-order valence-corrected chi connectivity index (χ4v) is 1.69. The van der Waals surface area contributed by atoms with E-state index in [9.17, 15) is 9.59 Å². The van der Waals surface area contributed by atoms with E-state index in [0.717, 1.165) is 0 Å². The van der Waals surface area contributed by atoms with Gasteiger partial charge in [-0.25, -0.2) is 0 Å². The van der Waals surface area contributed by atoms with Crippen LogP contribution >= 0.6 is 0 Å². The molecule has 0 spiro atoms. The van der Waals surface area contributed by atoms with Crippen LogP contribution in [0.1, 0.15) is 45.0 Å². The Kier molecular flexibility index (Phi) is 4.87. The van der Waals surface area contributed by atoms with Crippen molar-refractivity contribution >= 4 is 11.8 Å². The highest BCUT2D eigenvalue weighted by atomic mass is 16.6. The monoisotopic (exact) mass is 262 g/mol. The largest absolute Gasteiger partial charge is 0.460 e. The van der Waals surface area contributed by atoms with Crippen LogP contribution in [0.3, 0.4) is 0 Å². The molecular weight excluding hydrogens is 240 g/mol. The van der Waals surface area contributed by atoms with E-state index in [0.29, 0.717) is 5.56 Å². The number of ketones is 1. The van der Waals surface area contributed by atoms with E-state index in [1.807, 2.05) is 39.0 Å². The Morgan fingerprint density at radius 2 is 1.53 bits per heavy atom. The second-order valence-electron chi connectivity index (χ2n) is 5.84. The summed E-state index contributed by atoms with van der Waals surface area (Å²) in [5.74, 6) is -1.20. The van der Waals surface area contributed by atoms with Crippen molar-refractivity contribution in [3.05, 3.63) is 35.9 Å². The van der Waals surface area contributed by atoms with Crippen LogP contribution in [0.25, 0.3) is 0 Å². The van der Waals surface area contributed by atoms with Gasteiger partial charge in [0.2, 0.25) is 0 Å². The predicted molar refractivity (Wildman–Crippen MR) is 74.9 cm³/mol. The molecule has 0 unspecified atom stereocenters. The summed E-state index contributed by atoms with van der Waals surface area (Å²) < 4.78 is 5.32. The third-order valence-corrected chi connectivity index (χ3v) is 3.00. The summed E-state index contributed by atoms with van der Waals surface area (Å²) in [4.78, 5) is 24.2. The lowest BCUT2D eigenvalue weighted by Gasteiger charge is -2.24. The summed E-state index contributed by atoms with van der Waals surface area (Å²) in [6.07, 6.45) is 0. The average molecular weight is 262 g/mol. The summed E-state index contributed by atoms with van der Waals surface area (Å²) >= 11 is 0. The van der Waals surface area contributed by atoms with E-state index in [1.165, 1.54) is 0 Å². The van der Waals surface area contributed by atoms with Crippen LogP contribution in [0, 0.1) is 11.8 Å². The minimum Gasteiger partial charge on any atom is -0.460 e. The number of Topliss-reactive ketones (excluding diaryl/α,β-unsaturated/α-hetero) is 1. The second-order valence-corrected chi connectivity index (χ2v) is 5.84. The highest BCUT2D eigenvalue weighted by Gasteiger charge is 2.30. The van der Waals surface area contributed by atoms with Crippen molar-refractivity contribution < 1.29 is 14.3 Å². The van der Waals surface area contributed by atoms with Crippen LogP contribution < -0.4 is 0 Å². The molecule has 3 heteroatoms. The SMILES string of the molecule is C[C@H](C(=O)OC(C)(C)C)[C@H](C)C(=O)c1ccccc1. The van der Waals surface area contributed by atoms with Crippen LogP contribution in [-0.2, 0) is 9.53 Å². The molecule has 0 fully saturated rings. The average Bonchev–Trinajstić information content (AvgIpc) is 2.35. The van der Waals surface area contributed by atoms with E-state index in [1.54, 1.807) is 26.0 Å². The molecule has 3 nitrogen and oxygen atoms in total. The number of carbonyl (C=O) groups excluding carboxylic acids is 2. The third-order valence-electron chi connectivity index (χ3n) is 3.00. The molecule has 1 aromatic rings. The van der Waals surface area contributed by atoms with Gasteiger partial charge in [0.1, 0.15) is 5.60 Å². The van der Waals surface area contributed by atoms with Crippen LogP contribution in [0.4, 0.5) is 0 Å². The number of esters is 1. The van der Waals surface area contributed by atoms with Gasteiger partial charge in [-0.2, -0.15) is 0 Å². The standard InChI is InChI=1S/C16H22O3/c1-11(12(2)15(18)19-16(3,4)5)14(17)13-9-7-6-8-10-13/h6-12H,1-5H3/t11-,12-/m0/s1. The van der Waals surface area contributed by atoms with Crippen LogP contribution in [0.5, 0.6) is 0 Å². The number of rotatable bonds is 4. The van der Waals surface area contributed by atoms with Gasteiger partial charge in [-0.1, -0.05) is 44.2 Å². The lowest BCUT2D eigenvalue weighted by Crippen LogP contribution is -2.32. The lowest BCUT2D eigenvalue weighted by atomic mass is 9.88. The van der Waals surface area contributed by atoms with Crippen molar-refractivity contribution in [1.29, 1.82) is 0 Å². The minimum atomic E-state index is -0.527. The Balaban J connectivity index is 2.75. The highest BCUT2D eigenvalue weighted by molar-refractivity contribution is 5.99. The Bertz CT molecular complexity index is 443. The molecule has 0 saturated heterocycles. The zero-order valence-corrected chi connectivity index (χ0v) is 12.3. The topological polar surface area (TPSA) is 43.4 Å². The summed E-state index contributed by atoms with van der Waals surface area (Å²) in [5.41, 5.74) is 0.103. The molecule has 0 radical (unpaired) electrons. The molecule has 1 aromatic carbocycles. The van der Waals surface area contributed by atoms with E-state index < -0.39 is 17.4 Å². The second kappa shape index (κ2) is 6.00. The fraction of sp³-hybridized carbons (Fsp3) is 0.500. The molecular formula is C16H22O3. The first-order valence-corrected chi connectivity index (χ1v) is 6.54. The van der Waals surface area contributed by atoms with Crippen molar-refractivity contribution in [2.45, 2.75) is 40.2 Å². The first-order chi connectivity index (χ1) is 8.72. The van der Waals surface area contributed by atoms with Crippen LogP contribution in [0.2, 0.25) is 0 Å². The van der Waals surface area contributed by atoms with Gasteiger partial charge in [0.15, 0.2) is 5.78 Å². The van der Waals surface area contributed by atoms with E-state index >= 15 is 0 Å². The van der Waals surface area contributed by atoms with Gasteiger partial charge < -0.3 is 4.74 Å². The van der Waals surface area contributed by atoms with Crippen molar-refractivity contribution in [3.8, 4) is 0 Å². The van der Waals surface area contributed by atoms with Crippen molar-refractivity contribution in [2.24, 2.45) is 11.8 Å². The zero-order chi connectivity index (χ0) is 14.6. The Morgan fingerprint density at radius 3 is 2.00 bits per heavy atom. The van der Waals surface area contributed by atoms with Crippen molar-refractivity contribution in [2.75, 3.05) is 0 Å². The first kappa shape index (κ1) is 15.4. The van der Waals surface area contributed by atoms with Gasteiger partial charge in [0.05, 0.1) is 5.92 Å². The maximum atomic E-state index is 12.2. The van der Waals surface area contributed by atoms with Crippen LogP contribution in [0.15, 0.2) is 30.3 Å². The maximum absolute atomic E-state index is 12.2. The number of benzene rings is 1. The van der Waals surface area contributed by atoms with Gasteiger partial charge in [0.25, 0.3) is 0 Å². The summed E-state index contributed by atoms with van der Waals surface area (Å²) in [6.45, 7) is 8.97. The molecule has 1 rings (SSSR count). The minimum absolute atomic E-state index is 0.0287. The van der Waals surface area contributed by atoms with Gasteiger partial charge >= 0.3 is 5.97 Å². The Labute approximate surface area is 115 Å². The fourth-order valence-electron chi connectivity index (χ4n) is 1.69. The number of ether oxygens (including phenoxy) is 1. The molecule has 0 aliphatic rings. The molecule has 19 heavy (non-hydrogen) atoms. The number of carbonyl (C=O) groups is 2. The van der Waals surface area contributed by atoms with Crippen LogP contribution in [-0.4, -0.2) is 17.4 Å². The smallest absolute Gasteiger partial charge is 0.309 e. The molecule has 0 saturated carbocycles. The molecule has 0 amide bonds. The summed E-state index contributed by atoms with van der Waals surface area (Å²) in [5, 5.41) is 0. The lowest BCUT2D eigenvalue weighted by molar-refractivity contribution is -0.160. The van der Waals surface area contributed by atoms with E-state index in [-0.39, 0.29) is 11.8 Å². The summed E-state index contributed by atoms with van der Waals surface area (Å²) in [6, 6.07) is 9.02. The van der Waals surface area contributed by atoms with Gasteiger partial charge in [-0.3, -0.25) is 9.59 Å². The molecule has 0 N–H and O–H groups in total. The Hall–Kier alpha value is -1.64. The zero-order valence-electron chi connectivity index (χ0n) is 12.3. The van der Waals surface area contributed by atoms with E-state index in [4.69, 9.17) is 4.74 Å². The molecule has 0 aliphatic heterocycles. The van der Waals surface area contributed by atoms with E-state index in [2.05, 4.69) is 0 Å². The van der Waals surface area contributed by atoms with Gasteiger partial charge in [-0.15, -0.1) is 0 Å². The normalized spacial score (nSPS) is 14.6.